The maximum atomic E-state index is 6.31. The van der Waals surface area contributed by atoms with Gasteiger partial charge in [-0.05, 0) is 35.7 Å². The lowest BCUT2D eigenvalue weighted by Crippen LogP contribution is -2.07. The molecule has 4 nitrogen and oxygen atoms in total. The van der Waals surface area contributed by atoms with E-state index in [0.29, 0.717) is 5.75 Å². The number of rotatable bonds is 6. The number of ether oxygens (including phenoxy) is 4. The number of aryl methyl sites for hydroxylation is 1. The Morgan fingerprint density at radius 3 is 2.28 bits per heavy atom. The molecule has 3 rings (SSSR count). The zero-order chi connectivity index (χ0) is 18.0. The van der Waals surface area contributed by atoms with Crippen LogP contribution in [0.15, 0.2) is 30.3 Å². The van der Waals surface area contributed by atoms with Crippen molar-refractivity contribution in [1.82, 2.24) is 0 Å². The zero-order valence-electron chi connectivity index (χ0n) is 15.6. The van der Waals surface area contributed by atoms with E-state index >= 15 is 0 Å². The Balaban J connectivity index is 1.98. The van der Waals surface area contributed by atoms with Crippen molar-refractivity contribution in [3.8, 4) is 23.0 Å². The molecular formula is C21H26O4. The molecule has 1 heterocycles. The first-order chi connectivity index (χ1) is 12.1. The van der Waals surface area contributed by atoms with Gasteiger partial charge in [-0.25, -0.2) is 0 Å². The van der Waals surface area contributed by atoms with Crippen LogP contribution < -0.4 is 18.9 Å². The molecule has 25 heavy (non-hydrogen) atoms. The van der Waals surface area contributed by atoms with Crippen LogP contribution in [0.2, 0.25) is 0 Å². The molecule has 0 aliphatic carbocycles. The number of hydrogen-bond donors (Lipinski definition) is 0. The molecule has 0 N–H and O–H groups in total. The molecule has 0 bridgehead atoms. The maximum Gasteiger partial charge on any atom is 0.165 e. The molecule has 0 amide bonds. The summed E-state index contributed by atoms with van der Waals surface area (Å²) in [6.07, 6.45) is 2.08. The lowest BCUT2D eigenvalue weighted by molar-refractivity contribution is 0.207. The highest BCUT2D eigenvalue weighted by Crippen LogP contribution is 2.51. The van der Waals surface area contributed by atoms with Crippen LogP contribution in [0, 0.1) is 0 Å². The van der Waals surface area contributed by atoms with Gasteiger partial charge in [0.1, 0.15) is 6.10 Å². The first-order valence-corrected chi connectivity index (χ1v) is 8.72. The van der Waals surface area contributed by atoms with Gasteiger partial charge in [-0.15, -0.1) is 0 Å². The zero-order valence-corrected chi connectivity index (χ0v) is 15.6. The Morgan fingerprint density at radius 2 is 1.64 bits per heavy atom. The fraction of sp³-hybridized carbons (Fsp3) is 0.429. The van der Waals surface area contributed by atoms with Crippen molar-refractivity contribution in [2.24, 2.45) is 0 Å². The fourth-order valence-corrected chi connectivity index (χ4v) is 3.51. The summed E-state index contributed by atoms with van der Waals surface area (Å²) in [4.78, 5) is 0. The highest BCUT2D eigenvalue weighted by Gasteiger charge is 2.35. The summed E-state index contributed by atoms with van der Waals surface area (Å²) >= 11 is 0. The quantitative estimate of drug-likeness (QED) is 0.748. The Bertz CT molecular complexity index is 754. The molecule has 2 aromatic carbocycles. The van der Waals surface area contributed by atoms with Gasteiger partial charge < -0.3 is 18.9 Å². The second-order valence-electron chi connectivity index (χ2n) is 6.41. The molecule has 4 heteroatoms. The molecule has 0 aromatic heterocycles. The summed E-state index contributed by atoms with van der Waals surface area (Å²) < 4.78 is 22.7. The average Bonchev–Trinajstić information content (AvgIpc) is 2.97. The Morgan fingerprint density at radius 1 is 0.920 bits per heavy atom. The number of hydrogen-bond acceptors (Lipinski definition) is 4. The Kier molecular flexibility index (Phi) is 5.07. The Labute approximate surface area is 149 Å². The minimum atomic E-state index is -0.0689. The second-order valence-corrected chi connectivity index (χ2v) is 6.41. The minimum Gasteiger partial charge on any atom is -0.493 e. The third-order valence-corrected chi connectivity index (χ3v) is 4.83. The third-order valence-electron chi connectivity index (χ3n) is 4.83. The summed E-state index contributed by atoms with van der Waals surface area (Å²) in [6, 6.07) is 10.3. The van der Waals surface area contributed by atoms with E-state index in [2.05, 4.69) is 26.0 Å². The van der Waals surface area contributed by atoms with Gasteiger partial charge in [-0.2, -0.15) is 0 Å². The van der Waals surface area contributed by atoms with Crippen molar-refractivity contribution in [1.29, 1.82) is 0 Å². The van der Waals surface area contributed by atoms with Crippen LogP contribution in [0.5, 0.6) is 23.0 Å². The van der Waals surface area contributed by atoms with Crippen molar-refractivity contribution < 1.29 is 18.9 Å². The van der Waals surface area contributed by atoms with E-state index < -0.39 is 0 Å². The predicted octanol–water partition coefficient (Wildman–Crippen LogP) is 4.90. The van der Waals surface area contributed by atoms with Gasteiger partial charge in [0, 0.05) is 11.5 Å². The molecule has 134 valence electrons. The lowest BCUT2D eigenvalue weighted by Gasteiger charge is -2.18. The minimum absolute atomic E-state index is 0.0689. The second kappa shape index (κ2) is 7.26. The predicted molar refractivity (Wildman–Crippen MR) is 98.3 cm³/mol. The van der Waals surface area contributed by atoms with Crippen molar-refractivity contribution >= 4 is 0 Å². The smallest absolute Gasteiger partial charge is 0.165 e. The molecule has 0 unspecified atom stereocenters. The standard InChI is InChI=1S/C21H26O4/c1-6-7-14-10-16-13(2)20(25-21(16)19(11-14)24-5)15-8-9-17(22-3)18(12-15)23-4/h8-13,20H,6-7H2,1-5H3/t13-,20-/m1/s1. The molecule has 0 spiro atoms. The van der Waals surface area contributed by atoms with E-state index in [1.54, 1.807) is 21.3 Å². The fourth-order valence-electron chi connectivity index (χ4n) is 3.51. The topological polar surface area (TPSA) is 36.9 Å². The largest absolute Gasteiger partial charge is 0.493 e. The summed E-state index contributed by atoms with van der Waals surface area (Å²) in [5.41, 5.74) is 3.57. The van der Waals surface area contributed by atoms with Gasteiger partial charge >= 0.3 is 0 Å². The monoisotopic (exact) mass is 342 g/mol. The first-order valence-electron chi connectivity index (χ1n) is 8.72. The van der Waals surface area contributed by atoms with Gasteiger partial charge in [0.05, 0.1) is 21.3 Å². The van der Waals surface area contributed by atoms with Crippen LogP contribution >= 0.6 is 0 Å². The molecule has 1 aliphatic rings. The van der Waals surface area contributed by atoms with Crippen molar-refractivity contribution in [2.45, 2.75) is 38.7 Å². The number of benzene rings is 2. The summed E-state index contributed by atoms with van der Waals surface area (Å²) in [7, 11) is 4.99. The van der Waals surface area contributed by atoms with E-state index in [0.717, 1.165) is 35.7 Å². The Hall–Kier alpha value is -2.36. The van der Waals surface area contributed by atoms with Crippen molar-refractivity contribution in [3.05, 3.63) is 47.0 Å². The summed E-state index contributed by atoms with van der Waals surface area (Å²) in [6.45, 7) is 4.38. The molecule has 1 aliphatic heterocycles. The van der Waals surface area contributed by atoms with E-state index in [1.165, 1.54) is 11.1 Å². The molecule has 0 radical (unpaired) electrons. The molecule has 0 saturated heterocycles. The normalized spacial score (nSPS) is 18.4. The number of methoxy groups -OCH3 is 3. The summed E-state index contributed by atoms with van der Waals surface area (Å²) in [5.74, 6) is 3.34. The molecular weight excluding hydrogens is 316 g/mol. The lowest BCUT2D eigenvalue weighted by atomic mass is 9.91. The molecule has 0 fully saturated rings. The molecule has 2 aromatic rings. The van der Waals surface area contributed by atoms with E-state index in [9.17, 15) is 0 Å². The van der Waals surface area contributed by atoms with E-state index in [-0.39, 0.29) is 12.0 Å². The van der Waals surface area contributed by atoms with Crippen LogP contribution in [-0.4, -0.2) is 21.3 Å². The van der Waals surface area contributed by atoms with Gasteiger partial charge in [0.2, 0.25) is 0 Å². The van der Waals surface area contributed by atoms with Gasteiger partial charge in [0.15, 0.2) is 23.0 Å². The van der Waals surface area contributed by atoms with Crippen LogP contribution in [0.4, 0.5) is 0 Å². The SMILES string of the molecule is CCCc1cc(OC)c2c(c1)[C@@H](C)[C@H](c1ccc(OC)c(OC)c1)O2. The van der Waals surface area contributed by atoms with E-state index in [1.807, 2.05) is 18.2 Å². The first kappa shape index (κ1) is 17.5. The average molecular weight is 342 g/mol. The van der Waals surface area contributed by atoms with Gasteiger partial charge in [-0.3, -0.25) is 0 Å². The third kappa shape index (κ3) is 3.13. The molecule has 0 saturated carbocycles. The van der Waals surface area contributed by atoms with Crippen molar-refractivity contribution in [2.75, 3.05) is 21.3 Å². The van der Waals surface area contributed by atoms with Crippen LogP contribution in [0.1, 0.15) is 49.0 Å². The van der Waals surface area contributed by atoms with Crippen molar-refractivity contribution in [3.63, 3.8) is 0 Å². The highest BCUT2D eigenvalue weighted by atomic mass is 16.5. The van der Waals surface area contributed by atoms with Crippen LogP contribution in [-0.2, 0) is 6.42 Å². The van der Waals surface area contributed by atoms with E-state index in [4.69, 9.17) is 18.9 Å². The van der Waals surface area contributed by atoms with Crippen LogP contribution in [0.25, 0.3) is 0 Å². The van der Waals surface area contributed by atoms with Gasteiger partial charge in [0.25, 0.3) is 0 Å². The maximum absolute atomic E-state index is 6.31. The molecule has 2 atom stereocenters. The summed E-state index contributed by atoms with van der Waals surface area (Å²) in [5, 5.41) is 0. The van der Waals surface area contributed by atoms with Gasteiger partial charge in [-0.1, -0.05) is 32.4 Å². The number of fused-ring (bicyclic) bond motifs is 1. The highest BCUT2D eigenvalue weighted by molar-refractivity contribution is 5.55. The van der Waals surface area contributed by atoms with Crippen LogP contribution in [0.3, 0.4) is 0 Å².